The number of hydrogen-bond donors (Lipinski definition) is 2. The molecule has 0 aliphatic carbocycles. The molecule has 1 aromatic rings. The summed E-state index contributed by atoms with van der Waals surface area (Å²) in [5.74, 6) is 0.453. The highest BCUT2D eigenvalue weighted by Gasteiger charge is 2.28. The molecule has 26 heavy (non-hydrogen) atoms. The van der Waals surface area contributed by atoms with Crippen molar-refractivity contribution in [1.29, 1.82) is 0 Å². The topological polar surface area (TPSA) is 48.9 Å². The van der Waals surface area contributed by atoms with Crippen molar-refractivity contribution >= 4 is 45.9 Å². The zero-order valence-corrected chi connectivity index (χ0v) is 19.6. The van der Waals surface area contributed by atoms with Crippen LogP contribution in [0.5, 0.6) is 0 Å². The predicted octanol–water partition coefficient (Wildman–Crippen LogP) is 3.37. The molecule has 0 spiro atoms. The molecule has 1 aromatic carbocycles. The molecule has 0 unspecified atom stereocenters. The van der Waals surface area contributed by atoms with Gasteiger partial charge in [0.1, 0.15) is 5.82 Å². The van der Waals surface area contributed by atoms with Crippen LogP contribution in [0.4, 0.5) is 4.39 Å². The summed E-state index contributed by atoms with van der Waals surface area (Å²) in [6.07, 6.45) is 0. The van der Waals surface area contributed by atoms with Gasteiger partial charge < -0.3 is 15.4 Å². The highest BCUT2D eigenvalue weighted by molar-refractivity contribution is 14.0. The van der Waals surface area contributed by atoms with Gasteiger partial charge in [-0.05, 0) is 32.9 Å². The number of morpholine rings is 1. The highest BCUT2D eigenvalue weighted by Crippen LogP contribution is 2.16. The van der Waals surface area contributed by atoms with Crippen molar-refractivity contribution in [1.82, 2.24) is 15.5 Å². The summed E-state index contributed by atoms with van der Waals surface area (Å²) in [5.41, 5.74) is 0.566. The Labute approximate surface area is 181 Å². The van der Waals surface area contributed by atoms with Crippen molar-refractivity contribution < 1.29 is 9.13 Å². The zero-order chi connectivity index (χ0) is 18.3. The lowest BCUT2D eigenvalue weighted by Crippen LogP contribution is -2.56. The Morgan fingerprint density at radius 3 is 2.62 bits per heavy atom. The number of rotatable bonds is 6. The molecule has 1 heterocycles. The first-order chi connectivity index (χ1) is 11.9. The molecule has 148 valence electrons. The molecule has 2 N–H and O–H groups in total. The van der Waals surface area contributed by atoms with Crippen LogP contribution in [0.15, 0.2) is 27.7 Å². The summed E-state index contributed by atoms with van der Waals surface area (Å²) in [5, 5.41) is 6.61. The third-order valence-corrected chi connectivity index (χ3v) is 4.82. The van der Waals surface area contributed by atoms with Crippen molar-refractivity contribution in [2.24, 2.45) is 4.99 Å². The SMILES string of the molecule is CCNC(=NCc1ccc(Br)cc1F)NCC(C)(C)N1CCOCC1.I. The van der Waals surface area contributed by atoms with Gasteiger partial charge in [0.25, 0.3) is 0 Å². The van der Waals surface area contributed by atoms with E-state index in [1.54, 1.807) is 6.07 Å². The molecule has 0 saturated carbocycles. The molecular formula is C18H29BrFIN4O. The van der Waals surface area contributed by atoms with Crippen molar-refractivity contribution in [2.45, 2.75) is 32.9 Å². The zero-order valence-electron chi connectivity index (χ0n) is 15.6. The van der Waals surface area contributed by atoms with E-state index in [0.717, 1.165) is 43.9 Å². The number of guanidine groups is 1. The average molecular weight is 543 g/mol. The van der Waals surface area contributed by atoms with Crippen LogP contribution in [-0.2, 0) is 11.3 Å². The first-order valence-corrected chi connectivity index (χ1v) is 9.50. The smallest absolute Gasteiger partial charge is 0.191 e. The number of nitrogens with one attached hydrogen (secondary N) is 2. The van der Waals surface area contributed by atoms with Gasteiger partial charge in [-0.1, -0.05) is 22.0 Å². The van der Waals surface area contributed by atoms with Crippen LogP contribution in [-0.4, -0.2) is 55.8 Å². The van der Waals surface area contributed by atoms with E-state index in [1.165, 1.54) is 6.07 Å². The molecule has 0 radical (unpaired) electrons. The first-order valence-electron chi connectivity index (χ1n) is 8.71. The first kappa shape index (κ1) is 23.6. The second-order valence-corrected chi connectivity index (χ2v) is 7.61. The van der Waals surface area contributed by atoms with E-state index in [2.05, 4.69) is 50.3 Å². The molecule has 1 aliphatic heterocycles. The summed E-state index contributed by atoms with van der Waals surface area (Å²) in [7, 11) is 0. The summed E-state index contributed by atoms with van der Waals surface area (Å²) in [6, 6.07) is 5.05. The van der Waals surface area contributed by atoms with E-state index in [1.807, 2.05) is 13.0 Å². The summed E-state index contributed by atoms with van der Waals surface area (Å²) < 4.78 is 20.1. The lowest BCUT2D eigenvalue weighted by Gasteiger charge is -2.41. The molecule has 0 aromatic heterocycles. The second kappa shape index (κ2) is 11.4. The minimum atomic E-state index is -0.248. The van der Waals surface area contributed by atoms with Crippen LogP contribution in [0.25, 0.3) is 0 Å². The monoisotopic (exact) mass is 542 g/mol. The Morgan fingerprint density at radius 2 is 2.00 bits per heavy atom. The van der Waals surface area contributed by atoms with Crippen LogP contribution in [0.2, 0.25) is 0 Å². The molecular weight excluding hydrogens is 514 g/mol. The van der Waals surface area contributed by atoms with E-state index in [4.69, 9.17) is 4.74 Å². The number of benzene rings is 1. The summed E-state index contributed by atoms with van der Waals surface area (Å²) >= 11 is 3.27. The van der Waals surface area contributed by atoms with Crippen LogP contribution in [0, 0.1) is 5.82 Å². The van der Waals surface area contributed by atoms with E-state index in [9.17, 15) is 4.39 Å². The predicted molar refractivity (Wildman–Crippen MR) is 119 cm³/mol. The average Bonchev–Trinajstić information content (AvgIpc) is 2.59. The maximum Gasteiger partial charge on any atom is 0.191 e. The number of hydrogen-bond acceptors (Lipinski definition) is 3. The fourth-order valence-electron chi connectivity index (χ4n) is 2.74. The van der Waals surface area contributed by atoms with Crippen molar-refractivity contribution in [3.05, 3.63) is 34.1 Å². The van der Waals surface area contributed by atoms with E-state index in [-0.39, 0.29) is 35.3 Å². The van der Waals surface area contributed by atoms with Gasteiger partial charge in [0.05, 0.1) is 19.8 Å². The number of aliphatic imine (C=N–C) groups is 1. The van der Waals surface area contributed by atoms with Gasteiger partial charge in [-0.25, -0.2) is 9.38 Å². The van der Waals surface area contributed by atoms with Gasteiger partial charge in [-0.3, -0.25) is 4.90 Å². The summed E-state index contributed by atoms with van der Waals surface area (Å²) in [4.78, 5) is 6.94. The van der Waals surface area contributed by atoms with E-state index >= 15 is 0 Å². The summed E-state index contributed by atoms with van der Waals surface area (Å²) in [6.45, 7) is 11.7. The Kier molecular flexibility index (Phi) is 10.3. The minimum absolute atomic E-state index is 0. The van der Waals surface area contributed by atoms with Gasteiger partial charge in [0.15, 0.2) is 5.96 Å². The molecule has 8 heteroatoms. The molecule has 0 bridgehead atoms. The molecule has 1 aliphatic rings. The van der Waals surface area contributed by atoms with Crippen LogP contribution in [0.1, 0.15) is 26.3 Å². The van der Waals surface area contributed by atoms with Gasteiger partial charge >= 0.3 is 0 Å². The van der Waals surface area contributed by atoms with E-state index < -0.39 is 0 Å². The van der Waals surface area contributed by atoms with Crippen molar-refractivity contribution in [3.63, 3.8) is 0 Å². The standard InChI is InChI=1S/C18H28BrFN4O.HI/c1-4-21-17(22-12-14-5-6-15(19)11-16(14)20)23-13-18(2,3)24-7-9-25-10-8-24;/h5-6,11H,4,7-10,12-13H2,1-3H3,(H2,21,22,23);1H. The Balaban J connectivity index is 0.00000338. The lowest BCUT2D eigenvalue weighted by atomic mass is 10.0. The minimum Gasteiger partial charge on any atom is -0.379 e. The molecule has 0 amide bonds. The Hall–Kier alpha value is -0.450. The largest absolute Gasteiger partial charge is 0.379 e. The van der Waals surface area contributed by atoms with Gasteiger partial charge in [0.2, 0.25) is 0 Å². The normalized spacial score (nSPS) is 16.1. The number of halogens is 3. The lowest BCUT2D eigenvalue weighted by molar-refractivity contribution is -0.00834. The number of ether oxygens (including phenoxy) is 1. The maximum atomic E-state index is 13.9. The van der Waals surface area contributed by atoms with Crippen LogP contribution in [0.3, 0.4) is 0 Å². The fraction of sp³-hybridized carbons (Fsp3) is 0.611. The highest BCUT2D eigenvalue weighted by atomic mass is 127. The van der Waals surface area contributed by atoms with Gasteiger partial charge in [0, 0.05) is 41.8 Å². The van der Waals surface area contributed by atoms with Crippen molar-refractivity contribution in [2.75, 3.05) is 39.4 Å². The van der Waals surface area contributed by atoms with Crippen LogP contribution < -0.4 is 10.6 Å². The Morgan fingerprint density at radius 1 is 1.31 bits per heavy atom. The third kappa shape index (κ3) is 7.28. The van der Waals surface area contributed by atoms with Crippen molar-refractivity contribution in [3.8, 4) is 0 Å². The molecule has 1 saturated heterocycles. The number of nitrogens with zero attached hydrogens (tertiary/aromatic N) is 2. The van der Waals surface area contributed by atoms with Gasteiger partial charge in [-0.15, -0.1) is 24.0 Å². The molecule has 1 fully saturated rings. The molecule has 2 rings (SSSR count). The fourth-order valence-corrected chi connectivity index (χ4v) is 3.07. The Bertz CT molecular complexity index is 595. The quantitative estimate of drug-likeness (QED) is 0.329. The molecule has 5 nitrogen and oxygen atoms in total. The van der Waals surface area contributed by atoms with E-state index in [0.29, 0.717) is 18.1 Å². The second-order valence-electron chi connectivity index (χ2n) is 6.70. The maximum absolute atomic E-state index is 13.9. The van der Waals surface area contributed by atoms with Gasteiger partial charge in [-0.2, -0.15) is 0 Å². The molecule has 0 atom stereocenters. The third-order valence-electron chi connectivity index (χ3n) is 4.32. The van der Waals surface area contributed by atoms with Crippen LogP contribution >= 0.6 is 39.9 Å².